The predicted molar refractivity (Wildman–Crippen MR) is 73.2 cm³/mol. The lowest BCUT2D eigenvalue weighted by Gasteiger charge is -2.20. The van der Waals surface area contributed by atoms with Crippen molar-refractivity contribution < 1.29 is 14.0 Å². The smallest absolute Gasteiger partial charge is 0.246 e. The maximum atomic E-state index is 13.5. The molecule has 1 aromatic heterocycles. The van der Waals surface area contributed by atoms with Gasteiger partial charge in [0.15, 0.2) is 0 Å². The Kier molecular flexibility index (Phi) is 5.83. The second kappa shape index (κ2) is 7.37. The third kappa shape index (κ3) is 4.15. The third-order valence-electron chi connectivity index (χ3n) is 2.78. The van der Waals surface area contributed by atoms with E-state index in [2.05, 4.69) is 16.9 Å². The van der Waals surface area contributed by atoms with Crippen LogP contribution >= 0.6 is 0 Å². The minimum absolute atomic E-state index is 0.0971. The van der Waals surface area contributed by atoms with Gasteiger partial charge in [0, 0.05) is 12.7 Å². The molecule has 20 heavy (non-hydrogen) atoms. The van der Waals surface area contributed by atoms with Crippen LogP contribution in [0.5, 0.6) is 0 Å². The fourth-order valence-corrected chi connectivity index (χ4v) is 1.72. The number of carbonyl (C=O) groups is 2. The van der Waals surface area contributed by atoms with Gasteiger partial charge in [-0.1, -0.05) is 6.58 Å². The Morgan fingerprint density at radius 1 is 1.60 bits per heavy atom. The molecular weight excluding hydrogens is 261 g/mol. The fourth-order valence-electron chi connectivity index (χ4n) is 1.72. The maximum Gasteiger partial charge on any atom is 0.246 e. The fraction of sp³-hybridized carbons (Fsp3) is 0.357. The Morgan fingerprint density at radius 2 is 2.30 bits per heavy atom. The minimum Gasteiger partial charge on any atom is -0.346 e. The highest BCUT2D eigenvalue weighted by atomic mass is 19.1. The summed E-state index contributed by atoms with van der Waals surface area (Å²) in [5, 5.41) is 2.61. The molecule has 0 aliphatic rings. The average molecular weight is 279 g/mol. The number of aromatic nitrogens is 1. The van der Waals surface area contributed by atoms with Gasteiger partial charge in [0.05, 0.1) is 18.3 Å². The first kappa shape index (κ1) is 15.8. The number of pyridine rings is 1. The van der Waals surface area contributed by atoms with Crippen molar-refractivity contribution in [3.05, 3.63) is 42.5 Å². The lowest BCUT2D eigenvalue weighted by atomic mass is 10.2. The zero-order valence-corrected chi connectivity index (χ0v) is 11.6. The van der Waals surface area contributed by atoms with Gasteiger partial charge in [-0.05, 0) is 32.1 Å². The first-order valence-electron chi connectivity index (χ1n) is 6.30. The molecule has 0 fully saturated rings. The van der Waals surface area contributed by atoms with E-state index in [1.807, 2.05) is 0 Å². The first-order chi connectivity index (χ1) is 9.49. The maximum absolute atomic E-state index is 13.5. The molecule has 6 heteroatoms. The van der Waals surface area contributed by atoms with Crippen LogP contribution in [0.15, 0.2) is 31.0 Å². The van der Waals surface area contributed by atoms with E-state index in [1.165, 1.54) is 23.2 Å². The Labute approximate surface area is 117 Å². The van der Waals surface area contributed by atoms with Crippen LogP contribution in [0.4, 0.5) is 4.39 Å². The first-order valence-corrected chi connectivity index (χ1v) is 6.30. The highest BCUT2D eigenvalue weighted by Gasteiger charge is 2.17. The number of amides is 2. The number of carbonyl (C=O) groups excluding carboxylic acids is 2. The molecule has 0 saturated carbocycles. The van der Waals surface area contributed by atoms with Crippen LogP contribution < -0.4 is 5.32 Å². The van der Waals surface area contributed by atoms with E-state index in [0.717, 1.165) is 6.08 Å². The molecule has 0 saturated heterocycles. The summed E-state index contributed by atoms with van der Waals surface area (Å²) in [6.07, 6.45) is 2.61. The van der Waals surface area contributed by atoms with E-state index in [9.17, 15) is 14.0 Å². The molecule has 0 aliphatic heterocycles. The molecular formula is C14H18FN3O2. The van der Waals surface area contributed by atoms with Crippen LogP contribution in [0.1, 0.15) is 25.6 Å². The number of nitrogens with one attached hydrogen (secondary N) is 1. The van der Waals surface area contributed by atoms with Gasteiger partial charge in [-0.3, -0.25) is 14.6 Å². The average Bonchev–Trinajstić information content (AvgIpc) is 2.44. The summed E-state index contributed by atoms with van der Waals surface area (Å²) >= 11 is 0. The highest BCUT2D eigenvalue weighted by molar-refractivity contribution is 5.90. The molecule has 0 unspecified atom stereocenters. The standard InChI is InChI=1S/C14H18FN3O2/c1-4-13(20)18(5-2)9-12(19)17-10(3)14-11(15)7-6-8-16-14/h4,6-8,10H,1,5,9H2,2-3H3,(H,17,19)/t10-/m0/s1. The molecule has 5 nitrogen and oxygen atoms in total. The molecule has 1 N–H and O–H groups in total. The van der Waals surface area contributed by atoms with Crippen molar-refractivity contribution in [2.24, 2.45) is 0 Å². The van der Waals surface area contributed by atoms with Crippen LogP contribution in [0.2, 0.25) is 0 Å². The lowest BCUT2D eigenvalue weighted by molar-refractivity contribution is -0.132. The van der Waals surface area contributed by atoms with Crippen LogP contribution in [0, 0.1) is 5.82 Å². The van der Waals surface area contributed by atoms with E-state index in [4.69, 9.17) is 0 Å². The topological polar surface area (TPSA) is 62.3 Å². The number of nitrogens with zero attached hydrogens (tertiary/aromatic N) is 2. The lowest BCUT2D eigenvalue weighted by Crippen LogP contribution is -2.40. The van der Waals surface area contributed by atoms with Crippen LogP contribution in [0.3, 0.4) is 0 Å². The van der Waals surface area contributed by atoms with Gasteiger partial charge in [0.1, 0.15) is 5.82 Å². The summed E-state index contributed by atoms with van der Waals surface area (Å²) in [5.41, 5.74) is 0.166. The quantitative estimate of drug-likeness (QED) is 0.801. The largest absolute Gasteiger partial charge is 0.346 e. The second-order valence-corrected chi connectivity index (χ2v) is 4.22. The van der Waals surface area contributed by atoms with Crippen molar-refractivity contribution in [1.82, 2.24) is 15.2 Å². The van der Waals surface area contributed by atoms with Gasteiger partial charge >= 0.3 is 0 Å². The number of hydrogen-bond donors (Lipinski definition) is 1. The zero-order valence-electron chi connectivity index (χ0n) is 11.6. The molecule has 0 bridgehead atoms. The molecule has 1 atom stereocenters. The van der Waals surface area contributed by atoms with Gasteiger partial charge in [0.25, 0.3) is 0 Å². The van der Waals surface area contributed by atoms with Crippen molar-refractivity contribution in [1.29, 1.82) is 0 Å². The summed E-state index contributed by atoms with van der Waals surface area (Å²) in [6, 6.07) is 2.20. The molecule has 1 heterocycles. The summed E-state index contributed by atoms with van der Waals surface area (Å²) in [6.45, 7) is 7.07. The molecule has 2 amide bonds. The van der Waals surface area contributed by atoms with Gasteiger partial charge in [0.2, 0.25) is 11.8 Å². The summed E-state index contributed by atoms with van der Waals surface area (Å²) in [4.78, 5) is 28.5. The Hall–Kier alpha value is -2.24. The van der Waals surface area contributed by atoms with Gasteiger partial charge < -0.3 is 10.2 Å². The molecule has 108 valence electrons. The SMILES string of the molecule is C=CC(=O)N(CC)CC(=O)N[C@@H](C)c1ncccc1F. The number of hydrogen-bond acceptors (Lipinski definition) is 3. The Morgan fingerprint density at radius 3 is 2.85 bits per heavy atom. The van der Waals surface area contributed by atoms with Crippen LogP contribution in [-0.2, 0) is 9.59 Å². The number of rotatable bonds is 6. The van der Waals surface area contributed by atoms with Crippen molar-refractivity contribution in [2.75, 3.05) is 13.1 Å². The Bertz CT molecular complexity index is 505. The van der Waals surface area contributed by atoms with Crippen LogP contribution in [0.25, 0.3) is 0 Å². The Balaban J connectivity index is 2.64. The minimum atomic E-state index is -0.568. The van der Waals surface area contributed by atoms with Gasteiger partial charge in [-0.2, -0.15) is 0 Å². The second-order valence-electron chi connectivity index (χ2n) is 4.22. The van der Waals surface area contributed by atoms with E-state index < -0.39 is 11.9 Å². The van der Waals surface area contributed by atoms with Crippen LogP contribution in [-0.4, -0.2) is 34.8 Å². The molecule has 0 aromatic carbocycles. The van der Waals surface area contributed by atoms with E-state index in [1.54, 1.807) is 13.8 Å². The summed E-state index contributed by atoms with van der Waals surface area (Å²) in [7, 11) is 0. The van der Waals surface area contributed by atoms with Crippen molar-refractivity contribution in [2.45, 2.75) is 19.9 Å². The summed E-state index contributed by atoms with van der Waals surface area (Å²) in [5.74, 6) is -1.17. The van der Waals surface area contributed by atoms with Crippen molar-refractivity contribution in [3.8, 4) is 0 Å². The highest BCUT2D eigenvalue weighted by Crippen LogP contribution is 2.12. The molecule has 0 spiro atoms. The van der Waals surface area contributed by atoms with E-state index in [0.29, 0.717) is 6.54 Å². The number of halogens is 1. The monoisotopic (exact) mass is 279 g/mol. The molecule has 1 rings (SSSR count). The molecule has 1 aromatic rings. The third-order valence-corrected chi connectivity index (χ3v) is 2.78. The van der Waals surface area contributed by atoms with Gasteiger partial charge in [-0.15, -0.1) is 0 Å². The normalized spacial score (nSPS) is 11.6. The van der Waals surface area contributed by atoms with E-state index in [-0.39, 0.29) is 24.1 Å². The summed E-state index contributed by atoms with van der Waals surface area (Å²) < 4.78 is 13.5. The van der Waals surface area contributed by atoms with Crippen molar-refractivity contribution >= 4 is 11.8 Å². The van der Waals surface area contributed by atoms with Crippen molar-refractivity contribution in [3.63, 3.8) is 0 Å². The zero-order chi connectivity index (χ0) is 15.1. The van der Waals surface area contributed by atoms with E-state index >= 15 is 0 Å². The predicted octanol–water partition coefficient (Wildman–Crippen LogP) is 1.43. The number of likely N-dealkylation sites (N-methyl/N-ethyl adjacent to an activating group) is 1. The van der Waals surface area contributed by atoms with Gasteiger partial charge in [-0.25, -0.2) is 4.39 Å². The molecule has 0 radical (unpaired) electrons. The molecule has 0 aliphatic carbocycles.